The van der Waals surface area contributed by atoms with E-state index in [1.807, 2.05) is 31.2 Å². The summed E-state index contributed by atoms with van der Waals surface area (Å²) in [5.41, 5.74) is 0.930. The van der Waals surface area contributed by atoms with Crippen molar-refractivity contribution in [3.8, 4) is 5.75 Å². The van der Waals surface area contributed by atoms with Crippen molar-refractivity contribution in [1.82, 2.24) is 0 Å². The molecule has 0 heterocycles. The zero-order chi connectivity index (χ0) is 14.8. The average Bonchev–Trinajstić information content (AvgIpc) is 2.40. The Balaban J connectivity index is 2.43. The number of ether oxygens (including phenoxy) is 1. The number of halogens is 1. The second kappa shape index (κ2) is 5.63. The first-order valence-corrected chi connectivity index (χ1v) is 6.55. The summed E-state index contributed by atoms with van der Waals surface area (Å²) < 4.78 is 19.3. The van der Waals surface area contributed by atoms with E-state index in [2.05, 4.69) is 0 Å². The SMILES string of the molecule is COc1cccc(F)c1C(C)(O)Cc1ccccc1C. The van der Waals surface area contributed by atoms with Gasteiger partial charge in [0, 0.05) is 6.42 Å². The Kier molecular flexibility index (Phi) is 4.09. The highest BCUT2D eigenvalue weighted by Gasteiger charge is 2.31. The second-order valence-corrected chi connectivity index (χ2v) is 5.19. The predicted molar refractivity (Wildman–Crippen MR) is 77.4 cm³/mol. The largest absolute Gasteiger partial charge is 0.496 e. The van der Waals surface area contributed by atoms with E-state index in [0.717, 1.165) is 11.1 Å². The zero-order valence-electron chi connectivity index (χ0n) is 12.0. The van der Waals surface area contributed by atoms with Crippen molar-refractivity contribution in [3.05, 3.63) is 65.0 Å². The number of methoxy groups -OCH3 is 1. The Morgan fingerprint density at radius 1 is 1.15 bits per heavy atom. The van der Waals surface area contributed by atoms with Gasteiger partial charge in [-0.25, -0.2) is 4.39 Å². The molecule has 20 heavy (non-hydrogen) atoms. The van der Waals surface area contributed by atoms with Crippen LogP contribution in [0.5, 0.6) is 5.75 Å². The molecule has 1 unspecified atom stereocenters. The highest BCUT2D eigenvalue weighted by atomic mass is 19.1. The van der Waals surface area contributed by atoms with E-state index >= 15 is 0 Å². The van der Waals surface area contributed by atoms with Crippen molar-refractivity contribution in [2.24, 2.45) is 0 Å². The molecule has 2 rings (SSSR count). The molecule has 0 saturated heterocycles. The van der Waals surface area contributed by atoms with E-state index in [-0.39, 0.29) is 5.56 Å². The lowest BCUT2D eigenvalue weighted by Crippen LogP contribution is -2.27. The van der Waals surface area contributed by atoms with Gasteiger partial charge in [0.05, 0.1) is 18.3 Å². The third-order valence-corrected chi connectivity index (χ3v) is 3.53. The van der Waals surface area contributed by atoms with Crippen molar-refractivity contribution in [2.75, 3.05) is 7.11 Å². The van der Waals surface area contributed by atoms with Gasteiger partial charge < -0.3 is 9.84 Å². The number of aryl methyl sites for hydroxylation is 1. The van der Waals surface area contributed by atoms with E-state index < -0.39 is 11.4 Å². The molecule has 0 saturated carbocycles. The van der Waals surface area contributed by atoms with Gasteiger partial charge >= 0.3 is 0 Å². The minimum absolute atomic E-state index is 0.200. The molecule has 106 valence electrons. The van der Waals surface area contributed by atoms with Crippen LogP contribution in [0.4, 0.5) is 4.39 Å². The molecule has 0 aliphatic rings. The maximum absolute atomic E-state index is 14.1. The lowest BCUT2D eigenvalue weighted by molar-refractivity contribution is 0.0508. The van der Waals surface area contributed by atoms with Crippen molar-refractivity contribution in [1.29, 1.82) is 0 Å². The Hall–Kier alpha value is -1.87. The van der Waals surface area contributed by atoms with Crippen molar-refractivity contribution in [3.63, 3.8) is 0 Å². The van der Waals surface area contributed by atoms with Crippen molar-refractivity contribution >= 4 is 0 Å². The molecule has 2 aromatic rings. The van der Waals surface area contributed by atoms with Gasteiger partial charge in [-0.2, -0.15) is 0 Å². The second-order valence-electron chi connectivity index (χ2n) is 5.19. The highest BCUT2D eigenvalue weighted by Crippen LogP contribution is 2.35. The smallest absolute Gasteiger partial charge is 0.133 e. The number of hydrogen-bond acceptors (Lipinski definition) is 2. The lowest BCUT2D eigenvalue weighted by Gasteiger charge is -2.27. The fraction of sp³-hybridized carbons (Fsp3) is 0.294. The van der Waals surface area contributed by atoms with Crippen molar-refractivity contribution < 1.29 is 14.2 Å². The van der Waals surface area contributed by atoms with E-state index in [4.69, 9.17) is 4.74 Å². The van der Waals surface area contributed by atoms with E-state index in [1.165, 1.54) is 13.2 Å². The first-order chi connectivity index (χ1) is 9.45. The molecule has 3 heteroatoms. The van der Waals surface area contributed by atoms with Gasteiger partial charge in [-0.1, -0.05) is 30.3 Å². The lowest BCUT2D eigenvalue weighted by atomic mass is 9.86. The minimum atomic E-state index is -1.33. The van der Waals surface area contributed by atoms with Crippen LogP contribution in [0.3, 0.4) is 0 Å². The van der Waals surface area contributed by atoms with Crippen LogP contribution in [-0.2, 0) is 12.0 Å². The van der Waals surface area contributed by atoms with Crippen LogP contribution in [0, 0.1) is 12.7 Å². The Morgan fingerprint density at radius 2 is 1.85 bits per heavy atom. The summed E-state index contributed by atoms with van der Waals surface area (Å²) in [6, 6.07) is 12.3. The number of hydrogen-bond donors (Lipinski definition) is 1. The Bertz CT molecular complexity index is 606. The molecule has 0 aliphatic heterocycles. The van der Waals surface area contributed by atoms with Gasteiger partial charge in [-0.3, -0.25) is 0 Å². The molecule has 0 fully saturated rings. The Labute approximate surface area is 118 Å². The fourth-order valence-electron chi connectivity index (χ4n) is 2.46. The minimum Gasteiger partial charge on any atom is -0.496 e. The number of rotatable bonds is 4. The molecule has 1 atom stereocenters. The summed E-state index contributed by atoms with van der Waals surface area (Å²) in [7, 11) is 1.47. The maximum atomic E-state index is 14.1. The van der Waals surface area contributed by atoms with Crippen LogP contribution in [0.2, 0.25) is 0 Å². The van der Waals surface area contributed by atoms with Crippen LogP contribution in [0.1, 0.15) is 23.6 Å². The monoisotopic (exact) mass is 274 g/mol. The number of benzene rings is 2. The normalized spacial score (nSPS) is 13.8. The van der Waals surface area contributed by atoms with Crippen LogP contribution >= 0.6 is 0 Å². The predicted octanol–water partition coefficient (Wildman–Crippen LogP) is 3.59. The van der Waals surface area contributed by atoms with Gasteiger partial charge in [0.25, 0.3) is 0 Å². The standard InChI is InChI=1S/C17H19FO2/c1-12-7-4-5-8-13(12)11-17(2,19)16-14(18)9-6-10-15(16)20-3/h4-10,19H,11H2,1-3H3. The molecule has 1 N–H and O–H groups in total. The van der Waals surface area contributed by atoms with Crippen LogP contribution < -0.4 is 4.74 Å². The van der Waals surface area contributed by atoms with Gasteiger partial charge in [-0.15, -0.1) is 0 Å². The molecule has 0 bridgehead atoms. The van der Waals surface area contributed by atoms with E-state index in [9.17, 15) is 9.50 Å². The van der Waals surface area contributed by atoms with E-state index in [1.54, 1.807) is 19.1 Å². The molecule has 2 aromatic carbocycles. The summed E-state index contributed by atoms with van der Waals surface area (Å²) >= 11 is 0. The van der Waals surface area contributed by atoms with Gasteiger partial charge in [0.15, 0.2) is 0 Å². The molecule has 0 aromatic heterocycles. The average molecular weight is 274 g/mol. The first-order valence-electron chi connectivity index (χ1n) is 6.55. The maximum Gasteiger partial charge on any atom is 0.133 e. The highest BCUT2D eigenvalue weighted by molar-refractivity contribution is 5.40. The third kappa shape index (κ3) is 2.83. The molecule has 2 nitrogen and oxygen atoms in total. The fourth-order valence-corrected chi connectivity index (χ4v) is 2.46. The van der Waals surface area contributed by atoms with Crippen LogP contribution in [0.15, 0.2) is 42.5 Å². The molecular weight excluding hydrogens is 255 g/mol. The van der Waals surface area contributed by atoms with Crippen LogP contribution in [-0.4, -0.2) is 12.2 Å². The quantitative estimate of drug-likeness (QED) is 0.923. The molecular formula is C17H19FO2. The molecule has 0 amide bonds. The van der Waals surface area contributed by atoms with E-state index in [0.29, 0.717) is 12.2 Å². The summed E-state index contributed by atoms with van der Waals surface area (Å²) in [5.74, 6) is -0.0912. The Morgan fingerprint density at radius 3 is 2.50 bits per heavy atom. The molecule has 0 spiro atoms. The summed E-state index contributed by atoms with van der Waals surface area (Å²) in [5, 5.41) is 10.7. The molecule has 0 aliphatic carbocycles. The zero-order valence-corrected chi connectivity index (χ0v) is 12.0. The molecule has 0 radical (unpaired) electrons. The summed E-state index contributed by atoms with van der Waals surface area (Å²) in [6.07, 6.45) is 0.330. The number of aliphatic hydroxyl groups is 1. The summed E-state index contributed by atoms with van der Waals surface area (Å²) in [4.78, 5) is 0. The third-order valence-electron chi connectivity index (χ3n) is 3.53. The van der Waals surface area contributed by atoms with Gasteiger partial charge in [-0.05, 0) is 37.1 Å². The topological polar surface area (TPSA) is 29.5 Å². The van der Waals surface area contributed by atoms with Gasteiger partial charge in [0.2, 0.25) is 0 Å². The summed E-state index contributed by atoms with van der Waals surface area (Å²) in [6.45, 7) is 3.59. The van der Waals surface area contributed by atoms with Crippen molar-refractivity contribution in [2.45, 2.75) is 25.9 Å². The first kappa shape index (κ1) is 14.5. The van der Waals surface area contributed by atoms with Gasteiger partial charge in [0.1, 0.15) is 11.6 Å². The van der Waals surface area contributed by atoms with Crippen LogP contribution in [0.25, 0.3) is 0 Å².